The Morgan fingerprint density at radius 2 is 2.26 bits per heavy atom. The van der Waals surface area contributed by atoms with E-state index in [9.17, 15) is 4.79 Å². The molecule has 4 rings (SSSR count). The summed E-state index contributed by atoms with van der Waals surface area (Å²) in [4.78, 5) is 20.0. The molecule has 0 radical (unpaired) electrons. The Bertz CT molecular complexity index is 822. The van der Waals surface area contributed by atoms with Crippen molar-refractivity contribution in [3.8, 4) is 0 Å². The average Bonchev–Trinajstić information content (AvgIpc) is 3.20. The number of carbonyl (C=O) groups is 1. The Kier molecular flexibility index (Phi) is 3.88. The maximum absolute atomic E-state index is 12.8. The van der Waals surface area contributed by atoms with Gasteiger partial charge in [0.1, 0.15) is 11.1 Å². The lowest BCUT2D eigenvalue weighted by atomic mass is 10.2. The lowest BCUT2D eigenvalue weighted by Crippen LogP contribution is -2.42. The Hall–Kier alpha value is -1.76. The van der Waals surface area contributed by atoms with Gasteiger partial charge in [-0.15, -0.1) is 22.7 Å². The van der Waals surface area contributed by atoms with Gasteiger partial charge in [0.2, 0.25) is 0 Å². The van der Waals surface area contributed by atoms with Crippen LogP contribution in [0.25, 0.3) is 10.1 Å². The van der Waals surface area contributed by atoms with E-state index in [0.717, 1.165) is 25.7 Å². The Balaban J connectivity index is 1.55. The van der Waals surface area contributed by atoms with Crippen LogP contribution in [0.15, 0.2) is 35.7 Å². The highest BCUT2D eigenvalue weighted by atomic mass is 32.1. The molecule has 0 saturated carbocycles. The highest BCUT2D eigenvalue weighted by Crippen LogP contribution is 2.29. The molecule has 1 aliphatic heterocycles. The summed E-state index contributed by atoms with van der Waals surface area (Å²) < 4.78 is 6.96. The molecule has 1 unspecified atom stereocenters. The molecule has 3 heterocycles. The quantitative estimate of drug-likeness (QED) is 0.708. The van der Waals surface area contributed by atoms with Crippen LogP contribution in [0.4, 0.5) is 0 Å². The molecule has 3 aromatic rings. The maximum Gasteiger partial charge on any atom is 0.264 e. The number of morpholine rings is 1. The average molecular weight is 344 g/mol. The van der Waals surface area contributed by atoms with Crippen molar-refractivity contribution in [2.45, 2.75) is 13.0 Å². The van der Waals surface area contributed by atoms with Crippen LogP contribution in [-0.4, -0.2) is 35.5 Å². The monoisotopic (exact) mass is 344 g/mol. The van der Waals surface area contributed by atoms with Crippen molar-refractivity contribution < 1.29 is 9.53 Å². The van der Waals surface area contributed by atoms with Gasteiger partial charge in [0.05, 0.1) is 18.0 Å². The SMILES string of the molecule is Cc1csc(C2CN(C(=O)c3cc4ccccc4s3)CCO2)n1. The van der Waals surface area contributed by atoms with Gasteiger partial charge < -0.3 is 9.64 Å². The molecule has 0 spiro atoms. The first-order valence-electron chi connectivity index (χ1n) is 7.52. The van der Waals surface area contributed by atoms with Gasteiger partial charge in [-0.1, -0.05) is 18.2 Å². The first kappa shape index (κ1) is 14.8. The number of hydrogen-bond donors (Lipinski definition) is 0. The predicted octanol–water partition coefficient (Wildman–Crippen LogP) is 3.88. The van der Waals surface area contributed by atoms with Crippen molar-refractivity contribution in [1.29, 1.82) is 0 Å². The van der Waals surface area contributed by atoms with Gasteiger partial charge in [0.25, 0.3) is 5.91 Å². The van der Waals surface area contributed by atoms with Crippen molar-refractivity contribution in [2.75, 3.05) is 19.7 Å². The van der Waals surface area contributed by atoms with E-state index in [1.165, 1.54) is 0 Å². The zero-order valence-corrected chi connectivity index (χ0v) is 14.3. The van der Waals surface area contributed by atoms with Crippen molar-refractivity contribution in [3.05, 3.63) is 51.3 Å². The molecule has 1 aliphatic rings. The van der Waals surface area contributed by atoms with E-state index in [0.29, 0.717) is 19.7 Å². The molecular weight excluding hydrogens is 328 g/mol. The molecule has 2 aromatic heterocycles. The molecule has 1 saturated heterocycles. The zero-order chi connectivity index (χ0) is 15.8. The van der Waals surface area contributed by atoms with Gasteiger partial charge in [0.15, 0.2) is 0 Å². The third kappa shape index (κ3) is 2.89. The molecule has 0 aliphatic carbocycles. The number of amides is 1. The number of carbonyl (C=O) groups excluding carboxylic acids is 1. The third-order valence-electron chi connectivity index (χ3n) is 3.90. The first-order valence-corrected chi connectivity index (χ1v) is 9.22. The summed E-state index contributed by atoms with van der Waals surface area (Å²) in [6.45, 7) is 3.73. The second-order valence-corrected chi connectivity index (χ2v) is 7.56. The van der Waals surface area contributed by atoms with Gasteiger partial charge in [-0.2, -0.15) is 0 Å². The van der Waals surface area contributed by atoms with Crippen LogP contribution in [0.2, 0.25) is 0 Å². The van der Waals surface area contributed by atoms with Crippen LogP contribution >= 0.6 is 22.7 Å². The molecule has 0 N–H and O–H groups in total. The first-order chi connectivity index (χ1) is 11.2. The molecule has 1 amide bonds. The normalized spacial score (nSPS) is 18.5. The summed E-state index contributed by atoms with van der Waals surface area (Å²) in [5.74, 6) is 0.0905. The number of aromatic nitrogens is 1. The zero-order valence-electron chi connectivity index (χ0n) is 12.7. The van der Waals surface area contributed by atoms with Crippen LogP contribution < -0.4 is 0 Å². The number of nitrogens with zero attached hydrogens (tertiary/aromatic N) is 2. The number of thiophene rings is 1. The lowest BCUT2D eigenvalue weighted by Gasteiger charge is -2.31. The minimum Gasteiger partial charge on any atom is -0.367 e. The Labute approximate surface area is 142 Å². The lowest BCUT2D eigenvalue weighted by molar-refractivity contribution is -0.0227. The molecular formula is C17H16N2O2S2. The van der Waals surface area contributed by atoms with Crippen LogP contribution in [0.3, 0.4) is 0 Å². The van der Waals surface area contributed by atoms with Gasteiger partial charge in [-0.25, -0.2) is 4.98 Å². The highest BCUT2D eigenvalue weighted by molar-refractivity contribution is 7.20. The van der Waals surface area contributed by atoms with E-state index >= 15 is 0 Å². The number of fused-ring (bicyclic) bond motifs is 1. The fraction of sp³-hybridized carbons (Fsp3) is 0.294. The largest absolute Gasteiger partial charge is 0.367 e. The van der Waals surface area contributed by atoms with Crippen LogP contribution in [0.1, 0.15) is 26.5 Å². The smallest absolute Gasteiger partial charge is 0.264 e. The van der Waals surface area contributed by atoms with Crippen LogP contribution in [-0.2, 0) is 4.74 Å². The summed E-state index contributed by atoms with van der Waals surface area (Å²) in [6, 6.07) is 10.1. The van der Waals surface area contributed by atoms with Crippen molar-refractivity contribution in [3.63, 3.8) is 0 Å². The molecule has 1 aromatic carbocycles. The standard InChI is InChI=1S/C17H16N2O2S2/c1-11-10-22-16(18-11)13-9-19(6-7-21-13)17(20)15-8-12-4-2-3-5-14(12)23-15/h2-5,8,10,13H,6-7,9H2,1H3. The molecule has 23 heavy (non-hydrogen) atoms. The number of ether oxygens (including phenoxy) is 1. The predicted molar refractivity (Wildman–Crippen MR) is 93.3 cm³/mol. The van der Waals surface area contributed by atoms with Crippen molar-refractivity contribution >= 4 is 38.7 Å². The molecule has 1 atom stereocenters. The Morgan fingerprint density at radius 1 is 1.39 bits per heavy atom. The van der Waals surface area contributed by atoms with Gasteiger partial charge in [-0.3, -0.25) is 4.79 Å². The van der Waals surface area contributed by atoms with E-state index in [2.05, 4.69) is 11.1 Å². The van der Waals surface area contributed by atoms with Gasteiger partial charge in [0, 0.05) is 22.3 Å². The second kappa shape index (κ2) is 6.03. The number of rotatable bonds is 2. The van der Waals surface area contributed by atoms with E-state index in [1.807, 2.05) is 41.5 Å². The molecule has 0 bridgehead atoms. The fourth-order valence-electron chi connectivity index (χ4n) is 2.75. The number of aryl methyl sites for hydroxylation is 1. The molecule has 4 nitrogen and oxygen atoms in total. The van der Waals surface area contributed by atoms with E-state index in [-0.39, 0.29) is 12.0 Å². The summed E-state index contributed by atoms with van der Waals surface area (Å²) in [5.41, 5.74) is 1.00. The molecule has 118 valence electrons. The summed E-state index contributed by atoms with van der Waals surface area (Å²) >= 11 is 3.15. The number of hydrogen-bond acceptors (Lipinski definition) is 5. The summed E-state index contributed by atoms with van der Waals surface area (Å²) in [6.07, 6.45) is -0.110. The van der Waals surface area contributed by atoms with Crippen LogP contribution in [0, 0.1) is 6.92 Å². The second-order valence-electron chi connectivity index (χ2n) is 5.59. The third-order valence-corrected chi connectivity index (χ3v) is 6.06. The minimum atomic E-state index is -0.110. The van der Waals surface area contributed by atoms with Crippen molar-refractivity contribution in [2.24, 2.45) is 0 Å². The topological polar surface area (TPSA) is 42.4 Å². The van der Waals surface area contributed by atoms with E-state index < -0.39 is 0 Å². The number of thiazole rings is 1. The van der Waals surface area contributed by atoms with E-state index in [4.69, 9.17) is 4.74 Å². The molecule has 6 heteroatoms. The number of benzene rings is 1. The fourth-order valence-corrected chi connectivity index (χ4v) is 4.61. The molecule has 1 fully saturated rings. The van der Waals surface area contributed by atoms with E-state index in [1.54, 1.807) is 22.7 Å². The highest BCUT2D eigenvalue weighted by Gasteiger charge is 2.28. The van der Waals surface area contributed by atoms with Gasteiger partial charge >= 0.3 is 0 Å². The van der Waals surface area contributed by atoms with Crippen molar-refractivity contribution in [1.82, 2.24) is 9.88 Å². The Morgan fingerprint density at radius 3 is 3.04 bits per heavy atom. The van der Waals surface area contributed by atoms with Crippen LogP contribution in [0.5, 0.6) is 0 Å². The van der Waals surface area contributed by atoms with Gasteiger partial charge in [-0.05, 0) is 24.4 Å². The minimum absolute atomic E-state index is 0.0905. The summed E-state index contributed by atoms with van der Waals surface area (Å²) in [7, 11) is 0. The maximum atomic E-state index is 12.8. The summed E-state index contributed by atoms with van der Waals surface area (Å²) in [5, 5.41) is 4.10.